The predicted octanol–water partition coefficient (Wildman–Crippen LogP) is 2.91. The van der Waals surface area contributed by atoms with Crippen LogP contribution in [0.1, 0.15) is 48.0 Å². The Morgan fingerprint density at radius 3 is 2.47 bits per heavy atom. The summed E-state index contributed by atoms with van der Waals surface area (Å²) in [5.41, 5.74) is 6.49. The lowest BCUT2D eigenvalue weighted by molar-refractivity contribution is -0.384. The van der Waals surface area contributed by atoms with Crippen LogP contribution in [0.4, 0.5) is 5.69 Å². The number of esters is 1. The van der Waals surface area contributed by atoms with Crippen LogP contribution in [0.3, 0.4) is 0 Å². The lowest BCUT2D eigenvalue weighted by Gasteiger charge is -2.33. The molecule has 2 aromatic carbocycles. The van der Waals surface area contributed by atoms with Crippen LogP contribution < -0.4 is 10.9 Å². The molecule has 2 N–H and O–H groups in total. The fourth-order valence-electron chi connectivity index (χ4n) is 3.91. The molecular weight excluding hydrogens is 414 g/mol. The van der Waals surface area contributed by atoms with Crippen molar-refractivity contribution in [3.63, 3.8) is 0 Å². The van der Waals surface area contributed by atoms with Gasteiger partial charge in [0, 0.05) is 30.0 Å². The summed E-state index contributed by atoms with van der Waals surface area (Å²) in [5.74, 6) is -1.91. The Kier molecular flexibility index (Phi) is 7.67. The molecule has 3 rings (SSSR count). The zero-order valence-electron chi connectivity index (χ0n) is 17.7. The number of hydrazine groups is 1. The predicted molar refractivity (Wildman–Crippen MR) is 116 cm³/mol. The zero-order valence-corrected chi connectivity index (χ0v) is 17.7. The molecule has 1 aliphatic carbocycles. The lowest BCUT2D eigenvalue weighted by atomic mass is 9.74. The fraction of sp³-hybridized carbons (Fsp3) is 0.348. The summed E-state index contributed by atoms with van der Waals surface area (Å²) in [5, 5.41) is 10.9. The molecule has 3 atom stereocenters. The zero-order chi connectivity index (χ0) is 23.1. The van der Waals surface area contributed by atoms with Gasteiger partial charge >= 0.3 is 5.97 Å². The number of non-ortho nitro benzene ring substituents is 1. The van der Waals surface area contributed by atoms with Crippen molar-refractivity contribution >= 4 is 23.3 Å². The van der Waals surface area contributed by atoms with Gasteiger partial charge in [-0.25, -0.2) is 5.43 Å². The molecule has 9 heteroatoms. The Balaban J connectivity index is 1.76. The molecule has 32 heavy (non-hydrogen) atoms. The number of nitro benzene ring substituents is 1. The van der Waals surface area contributed by atoms with E-state index in [1.807, 2.05) is 0 Å². The first-order chi connectivity index (χ1) is 15.4. The summed E-state index contributed by atoms with van der Waals surface area (Å²) in [4.78, 5) is 48.2. The summed E-state index contributed by atoms with van der Waals surface area (Å²) in [6, 6.07) is 13.7. The smallest absolute Gasteiger partial charge is 0.325 e. The maximum atomic E-state index is 12.7. The van der Waals surface area contributed by atoms with E-state index in [0.717, 1.165) is 5.56 Å². The van der Waals surface area contributed by atoms with Crippen LogP contribution >= 0.6 is 0 Å². The Morgan fingerprint density at radius 2 is 1.84 bits per heavy atom. The Bertz CT molecular complexity index is 977. The monoisotopic (exact) mass is 439 g/mol. The van der Waals surface area contributed by atoms with Crippen molar-refractivity contribution < 1.29 is 24.0 Å². The van der Waals surface area contributed by atoms with Gasteiger partial charge in [0.25, 0.3) is 11.6 Å². The molecule has 1 aliphatic rings. The summed E-state index contributed by atoms with van der Waals surface area (Å²) in [7, 11) is 0. The van der Waals surface area contributed by atoms with Gasteiger partial charge in [-0.1, -0.05) is 30.3 Å². The van der Waals surface area contributed by atoms with Crippen molar-refractivity contribution in [2.24, 2.45) is 5.92 Å². The molecule has 0 aromatic heterocycles. The normalized spacial score (nSPS) is 19.1. The quantitative estimate of drug-likeness (QED) is 0.368. The fourth-order valence-corrected chi connectivity index (χ4v) is 3.91. The maximum absolute atomic E-state index is 12.7. The molecule has 1 saturated carbocycles. The van der Waals surface area contributed by atoms with Crippen molar-refractivity contribution in [3.05, 3.63) is 75.8 Å². The van der Waals surface area contributed by atoms with E-state index in [1.165, 1.54) is 12.1 Å². The van der Waals surface area contributed by atoms with Crippen LogP contribution in [0, 0.1) is 16.0 Å². The number of amides is 1. The molecule has 1 fully saturated rings. The van der Waals surface area contributed by atoms with Gasteiger partial charge in [-0.05, 0) is 43.4 Å². The van der Waals surface area contributed by atoms with E-state index in [0.29, 0.717) is 18.4 Å². The van der Waals surface area contributed by atoms with Crippen molar-refractivity contribution in [3.8, 4) is 0 Å². The highest BCUT2D eigenvalue weighted by molar-refractivity contribution is 5.94. The summed E-state index contributed by atoms with van der Waals surface area (Å²) >= 11 is 0. The highest BCUT2D eigenvalue weighted by atomic mass is 16.6. The first-order valence-electron chi connectivity index (χ1n) is 10.4. The molecule has 2 aromatic rings. The number of carbonyl (C=O) groups excluding carboxylic acids is 3. The third kappa shape index (κ3) is 5.55. The van der Waals surface area contributed by atoms with Crippen LogP contribution in [-0.4, -0.2) is 35.2 Å². The van der Waals surface area contributed by atoms with Crippen molar-refractivity contribution in [1.29, 1.82) is 0 Å². The Morgan fingerprint density at radius 1 is 1.16 bits per heavy atom. The maximum Gasteiger partial charge on any atom is 0.325 e. The molecule has 168 valence electrons. The van der Waals surface area contributed by atoms with Crippen molar-refractivity contribution in [1.82, 2.24) is 10.9 Å². The van der Waals surface area contributed by atoms with Gasteiger partial charge in [-0.15, -0.1) is 0 Å². The summed E-state index contributed by atoms with van der Waals surface area (Å²) in [6.45, 7) is 1.80. The van der Waals surface area contributed by atoms with E-state index in [1.54, 1.807) is 49.4 Å². The molecule has 0 spiro atoms. The third-order valence-electron chi connectivity index (χ3n) is 5.59. The number of nitrogens with zero attached hydrogens (tertiary/aromatic N) is 1. The van der Waals surface area contributed by atoms with Gasteiger partial charge in [0.05, 0.1) is 11.5 Å². The van der Waals surface area contributed by atoms with E-state index in [9.17, 15) is 24.5 Å². The first-order valence-corrected chi connectivity index (χ1v) is 10.4. The summed E-state index contributed by atoms with van der Waals surface area (Å²) < 4.78 is 5.15. The standard InChI is InChI=1S/C23H25N3O6/c1-2-32-23(29)21(24-25-22(28)16-6-4-3-5-7-16)19-14-17(10-13-20(19)27)15-8-11-18(12-9-15)26(30)31/h3-9,11-12,17,19,21,24H,2,10,13-14H2,1H3,(H,25,28)/t17?,19?,21-/m1/s1/i27+0. The van der Waals surface area contributed by atoms with E-state index >= 15 is 0 Å². The number of benzene rings is 2. The van der Waals surface area contributed by atoms with E-state index < -0.39 is 28.8 Å². The minimum Gasteiger partial charge on any atom is -0.465 e. The number of Topliss-reactive ketones (excluding diaryl/α,β-unsaturated/α-hetero) is 1. The third-order valence-corrected chi connectivity index (χ3v) is 5.59. The topological polar surface area (TPSA) is 128 Å². The molecule has 0 saturated heterocycles. The number of rotatable bonds is 8. The first kappa shape index (κ1) is 23.1. The van der Waals surface area contributed by atoms with Crippen LogP contribution in [-0.2, 0) is 14.3 Å². The number of ether oxygens (including phenoxy) is 1. The Hall–Kier alpha value is -3.59. The number of nitrogens with one attached hydrogen (secondary N) is 2. The molecule has 2 unspecified atom stereocenters. The minimum absolute atomic E-state index is 0.00752. The van der Waals surface area contributed by atoms with Crippen molar-refractivity contribution in [2.45, 2.75) is 38.1 Å². The van der Waals surface area contributed by atoms with Gasteiger partial charge in [0.2, 0.25) is 0 Å². The second-order valence-corrected chi connectivity index (χ2v) is 7.59. The molecule has 1 amide bonds. The van der Waals surface area contributed by atoms with Crippen LogP contribution in [0.25, 0.3) is 0 Å². The number of hydrogen-bond donors (Lipinski definition) is 2. The van der Waals surface area contributed by atoms with E-state index in [4.69, 9.17) is 4.74 Å². The second kappa shape index (κ2) is 10.6. The molecule has 0 bridgehead atoms. The molecule has 0 heterocycles. The van der Waals surface area contributed by atoms with Crippen LogP contribution in [0.15, 0.2) is 54.6 Å². The van der Waals surface area contributed by atoms with Crippen LogP contribution in [0.2, 0.25) is 0 Å². The number of nitro groups is 1. The van der Waals surface area contributed by atoms with Crippen molar-refractivity contribution in [2.75, 3.05) is 6.61 Å². The van der Waals surface area contributed by atoms with Gasteiger partial charge in [0.1, 0.15) is 11.8 Å². The van der Waals surface area contributed by atoms with Gasteiger partial charge in [0.15, 0.2) is 0 Å². The van der Waals surface area contributed by atoms with E-state index in [2.05, 4.69) is 10.9 Å². The molecular formula is C23H25N3O6. The SMILES string of the molecule is CCOC(=O)[C@H](NNC(=O)c1ccccc1)C1CC(c2ccc([N+](=O)[O-])cc2)CCC1=[16O]. The van der Waals surface area contributed by atoms with Gasteiger partial charge < -0.3 is 4.74 Å². The second-order valence-electron chi connectivity index (χ2n) is 7.59. The van der Waals surface area contributed by atoms with Gasteiger partial charge in [-0.2, -0.15) is 0 Å². The number of hydrogen-bond acceptors (Lipinski definition) is 7. The molecule has 0 aliphatic heterocycles. The highest BCUT2D eigenvalue weighted by Gasteiger charge is 2.39. The number of carbonyl (C=O) groups is 3. The minimum atomic E-state index is -1.05. The molecule has 0 radical (unpaired) electrons. The lowest BCUT2D eigenvalue weighted by Crippen LogP contribution is -2.55. The Labute approximate surface area is 185 Å². The van der Waals surface area contributed by atoms with E-state index in [-0.39, 0.29) is 30.4 Å². The number of ketones is 1. The van der Waals surface area contributed by atoms with Crippen LogP contribution in [0.5, 0.6) is 0 Å². The molecule has 9 nitrogen and oxygen atoms in total. The summed E-state index contributed by atoms with van der Waals surface area (Å²) in [6.07, 6.45) is 1.20. The largest absolute Gasteiger partial charge is 0.465 e. The average molecular weight is 439 g/mol. The average Bonchev–Trinajstić information content (AvgIpc) is 2.81. The van der Waals surface area contributed by atoms with Gasteiger partial charge in [-0.3, -0.25) is 29.9 Å². The highest BCUT2D eigenvalue weighted by Crippen LogP contribution is 2.36.